The summed E-state index contributed by atoms with van der Waals surface area (Å²) in [7, 11) is 0. The molecule has 0 fully saturated rings. The van der Waals surface area contributed by atoms with Crippen LogP contribution in [0.3, 0.4) is 0 Å². The van der Waals surface area contributed by atoms with Crippen molar-refractivity contribution in [2.45, 2.75) is 10.8 Å². The molecular formula is C128H84N4S2. The van der Waals surface area contributed by atoms with Crippen LogP contribution in [0, 0.1) is 0 Å². The average Bonchev–Trinajstić information content (AvgIpc) is 1.55. The molecule has 0 bridgehead atoms. The Hall–Kier alpha value is -16.7. The second-order valence-electron chi connectivity index (χ2n) is 35.2. The third-order valence-electron chi connectivity index (χ3n) is 28.2. The number of thiophene rings is 2. The zero-order valence-electron chi connectivity index (χ0n) is 73.1. The fourth-order valence-electron chi connectivity index (χ4n) is 22.2. The summed E-state index contributed by atoms with van der Waals surface area (Å²) in [6, 6.07) is 188. The van der Waals surface area contributed by atoms with Crippen LogP contribution < -0.4 is 9.80 Å². The van der Waals surface area contributed by atoms with Gasteiger partial charge in [0.25, 0.3) is 0 Å². The van der Waals surface area contributed by atoms with Gasteiger partial charge in [0, 0.05) is 107 Å². The van der Waals surface area contributed by atoms with E-state index in [9.17, 15) is 0 Å². The number of rotatable bonds is 15. The molecule has 2 aliphatic rings. The molecule has 4 nitrogen and oxygen atoms in total. The molecule has 628 valence electrons. The van der Waals surface area contributed by atoms with Crippen LogP contribution in [0.5, 0.6) is 0 Å². The number of para-hydroxylation sites is 4. The SMILES string of the molecule is c1ccc(C2(c3ccc(N(c4ccc(-c5ccc(-n6c7ccccc7c7ccccc76)cc5)cc4)c4ccc(-c5ccc6sc7ccccc7c6c5)cc4)cc3)c3ccccc3-c3ccccc32)cc1.c1ccc(C2(c3ccc(N(c4ccc(-c5ccc6sc7ccccc7c6c5)cc4)c4ccc(-n5c6ccccc6c6ccccc65)cc4)cc3)c3ccccc3-c3ccccc32)cc1. The Labute approximate surface area is 785 Å². The molecule has 0 unspecified atom stereocenters. The summed E-state index contributed by atoms with van der Waals surface area (Å²) >= 11 is 3.72. The van der Waals surface area contributed by atoms with Gasteiger partial charge >= 0.3 is 0 Å². The topological polar surface area (TPSA) is 16.3 Å². The molecule has 0 atom stereocenters. The van der Waals surface area contributed by atoms with E-state index in [-0.39, 0.29) is 0 Å². The first-order valence-corrected chi connectivity index (χ1v) is 47.7. The first-order valence-electron chi connectivity index (χ1n) is 46.1. The molecule has 0 spiro atoms. The molecule has 6 heteroatoms. The fraction of sp³-hybridized carbons (Fsp3) is 0.0156. The summed E-state index contributed by atoms with van der Waals surface area (Å²) < 4.78 is 10.0. The van der Waals surface area contributed by atoms with Gasteiger partial charge in [0.2, 0.25) is 0 Å². The number of aromatic nitrogens is 2. The van der Waals surface area contributed by atoms with E-state index in [1.165, 1.54) is 184 Å². The molecule has 0 N–H and O–H groups in total. The minimum Gasteiger partial charge on any atom is -0.311 e. The molecule has 4 heterocycles. The van der Waals surface area contributed by atoms with Crippen LogP contribution in [0.1, 0.15) is 44.5 Å². The van der Waals surface area contributed by atoms with E-state index >= 15 is 0 Å². The van der Waals surface area contributed by atoms with Crippen molar-refractivity contribution < 1.29 is 0 Å². The second kappa shape index (κ2) is 32.1. The molecule has 21 aromatic carbocycles. The number of hydrogen-bond donors (Lipinski definition) is 0. The van der Waals surface area contributed by atoms with Gasteiger partial charge in [-0.1, -0.05) is 352 Å². The van der Waals surface area contributed by atoms with Gasteiger partial charge < -0.3 is 18.9 Å². The molecule has 0 saturated heterocycles. The largest absolute Gasteiger partial charge is 0.311 e. The minimum atomic E-state index is -0.465. The highest BCUT2D eigenvalue weighted by Gasteiger charge is 2.48. The quantitative estimate of drug-likeness (QED) is 0.102. The van der Waals surface area contributed by atoms with Crippen molar-refractivity contribution in [1.82, 2.24) is 9.13 Å². The third kappa shape index (κ3) is 12.6. The van der Waals surface area contributed by atoms with E-state index < -0.39 is 10.8 Å². The van der Waals surface area contributed by atoms with Gasteiger partial charge in [-0.05, 0) is 258 Å². The summed E-state index contributed by atoms with van der Waals surface area (Å²) in [6.45, 7) is 0. The van der Waals surface area contributed by atoms with Crippen LogP contribution in [-0.4, -0.2) is 9.13 Å². The number of benzene rings is 21. The third-order valence-corrected chi connectivity index (χ3v) is 30.5. The van der Waals surface area contributed by atoms with E-state index in [1.807, 2.05) is 22.7 Å². The van der Waals surface area contributed by atoms with Gasteiger partial charge in [-0.25, -0.2) is 0 Å². The van der Waals surface area contributed by atoms with E-state index in [0.717, 1.165) is 45.5 Å². The van der Waals surface area contributed by atoms with E-state index in [4.69, 9.17) is 0 Å². The summed E-state index contributed by atoms with van der Waals surface area (Å²) in [4.78, 5) is 4.79. The normalized spacial score (nSPS) is 12.7. The van der Waals surface area contributed by atoms with Crippen LogP contribution in [0.25, 0.3) is 151 Å². The molecule has 25 aromatic rings. The van der Waals surface area contributed by atoms with Gasteiger partial charge in [-0.15, -0.1) is 22.7 Å². The predicted octanol–water partition coefficient (Wildman–Crippen LogP) is 35.0. The lowest BCUT2D eigenvalue weighted by molar-refractivity contribution is 0.768. The Morgan fingerprint density at radius 2 is 0.388 bits per heavy atom. The van der Waals surface area contributed by atoms with Gasteiger partial charge in [0.15, 0.2) is 0 Å². The van der Waals surface area contributed by atoms with Gasteiger partial charge in [-0.3, -0.25) is 0 Å². The van der Waals surface area contributed by atoms with E-state index in [2.05, 4.69) is 529 Å². The zero-order chi connectivity index (χ0) is 88.4. The molecular weight excluding hydrogens is 1660 g/mol. The Morgan fingerprint density at radius 3 is 0.716 bits per heavy atom. The molecule has 134 heavy (non-hydrogen) atoms. The average molecular weight is 1740 g/mol. The van der Waals surface area contributed by atoms with Crippen molar-refractivity contribution in [2.75, 3.05) is 9.80 Å². The van der Waals surface area contributed by atoms with Gasteiger partial charge in [0.1, 0.15) is 0 Å². The molecule has 27 rings (SSSR count). The highest BCUT2D eigenvalue weighted by molar-refractivity contribution is 7.26. The summed E-state index contributed by atoms with van der Waals surface area (Å²) in [5.74, 6) is 0. The van der Waals surface area contributed by atoms with E-state index in [0.29, 0.717) is 0 Å². The number of anilines is 6. The molecule has 2 aliphatic carbocycles. The van der Waals surface area contributed by atoms with Gasteiger partial charge in [-0.2, -0.15) is 0 Å². The second-order valence-corrected chi connectivity index (χ2v) is 37.4. The standard InChI is InChI=1S/C67H44N2S.C61H40N2S/c1-2-14-49(15-3-1)67(61-21-9-4-16-55(61)56-17-5-10-22-62(56)67)50-33-41-53(42-34-50)68(52-37-30-47(31-38-52)48-32-43-66-60(44-48)59-20-8-13-25-65(59)70-66)51-35-26-45(27-36-51)46-28-39-54(40-29-46)69-63-23-11-6-18-57(63)58-19-7-12-24-64(58)69;1-2-14-43(15-3-1)61(55-21-9-4-16-49(55)50-17-5-10-22-56(50)61)44-29-33-46(34-30-44)62(45-31-26-41(27-32-45)42-28-39-60-54(40-42)53-20-8-13-25-59(53)64-60)47-35-37-48(38-36-47)63-57-23-11-6-18-51(57)52-19-7-12-24-58(52)63/h1-44H;1-40H. The van der Waals surface area contributed by atoms with Gasteiger partial charge in [0.05, 0.1) is 32.9 Å². The minimum absolute atomic E-state index is 0.460. The summed E-state index contributed by atoms with van der Waals surface area (Å²) in [5, 5.41) is 10.3. The summed E-state index contributed by atoms with van der Waals surface area (Å²) in [5.41, 5.74) is 35.4. The van der Waals surface area contributed by atoms with Crippen LogP contribution in [0.15, 0.2) is 510 Å². The highest BCUT2D eigenvalue weighted by atomic mass is 32.1. The van der Waals surface area contributed by atoms with Crippen molar-refractivity contribution in [1.29, 1.82) is 0 Å². The lowest BCUT2D eigenvalue weighted by Crippen LogP contribution is -2.28. The van der Waals surface area contributed by atoms with Crippen LogP contribution in [-0.2, 0) is 10.8 Å². The summed E-state index contributed by atoms with van der Waals surface area (Å²) in [6.07, 6.45) is 0. The van der Waals surface area contributed by atoms with Crippen LogP contribution in [0.2, 0.25) is 0 Å². The number of hydrogen-bond acceptors (Lipinski definition) is 4. The smallest absolute Gasteiger partial charge is 0.0713 e. The maximum atomic E-state index is 2.39. The fourth-order valence-corrected chi connectivity index (χ4v) is 24.4. The lowest BCUT2D eigenvalue weighted by atomic mass is 9.68. The van der Waals surface area contributed by atoms with Crippen molar-refractivity contribution in [3.8, 4) is 67.0 Å². The number of nitrogens with zero attached hydrogens (tertiary/aromatic N) is 4. The molecule has 0 radical (unpaired) electrons. The Balaban J connectivity index is 0.000000140. The van der Waals surface area contributed by atoms with Crippen LogP contribution in [0.4, 0.5) is 34.1 Å². The first kappa shape index (κ1) is 78.3. The van der Waals surface area contributed by atoms with Crippen molar-refractivity contribution in [3.05, 3.63) is 554 Å². The predicted molar refractivity (Wildman–Crippen MR) is 568 cm³/mol. The maximum Gasteiger partial charge on any atom is 0.0713 e. The maximum absolute atomic E-state index is 2.39. The molecule has 0 amide bonds. The zero-order valence-corrected chi connectivity index (χ0v) is 74.7. The molecule has 4 aromatic heterocycles. The van der Waals surface area contributed by atoms with Crippen LogP contribution >= 0.6 is 22.7 Å². The van der Waals surface area contributed by atoms with Crippen molar-refractivity contribution in [2.24, 2.45) is 0 Å². The monoisotopic (exact) mass is 1740 g/mol. The Kier molecular flexibility index (Phi) is 18.8. The number of fused-ring (bicyclic) bond motifs is 18. The Morgan fingerprint density at radius 1 is 0.164 bits per heavy atom. The highest BCUT2D eigenvalue weighted by Crippen LogP contribution is 2.59. The molecule has 0 saturated carbocycles. The van der Waals surface area contributed by atoms with Crippen molar-refractivity contribution >= 4 is 141 Å². The van der Waals surface area contributed by atoms with E-state index in [1.54, 1.807) is 0 Å². The first-order chi connectivity index (χ1) is 66.4. The van der Waals surface area contributed by atoms with Crippen molar-refractivity contribution in [3.63, 3.8) is 0 Å². The molecule has 0 aliphatic heterocycles. The lowest BCUT2D eigenvalue weighted by Gasteiger charge is -2.34. The Bertz CT molecular complexity index is 8630.